The molecule has 0 fully saturated rings. The fourth-order valence-electron chi connectivity index (χ4n) is 1.18. The molecule has 0 aliphatic carbocycles. The molecule has 0 spiro atoms. The average Bonchev–Trinajstić information content (AvgIpc) is 2.18. The summed E-state index contributed by atoms with van der Waals surface area (Å²) in [5.41, 5.74) is 2.64. The first kappa shape index (κ1) is 7.92. The van der Waals surface area contributed by atoms with Crippen LogP contribution in [-0.4, -0.2) is 9.97 Å². The van der Waals surface area contributed by atoms with Crippen molar-refractivity contribution in [3.63, 3.8) is 0 Å². The Kier molecular flexibility index (Phi) is 2.04. The number of rotatable bonds is 2. The van der Waals surface area contributed by atoms with Gasteiger partial charge in [-0.1, -0.05) is 18.2 Å². The van der Waals surface area contributed by atoms with Gasteiger partial charge in [0.05, 0.1) is 16.7 Å². The van der Waals surface area contributed by atoms with Gasteiger partial charge >= 0.3 is 0 Å². The maximum absolute atomic E-state index is 4.38. The van der Waals surface area contributed by atoms with Crippen LogP contribution in [0.5, 0.6) is 0 Å². The number of hydrogen-bond acceptors (Lipinski definition) is 2. The number of benzene rings is 1. The first-order valence-electron chi connectivity index (χ1n) is 4.14. The van der Waals surface area contributed by atoms with E-state index in [2.05, 4.69) is 22.7 Å². The molecule has 0 saturated carbocycles. The molecule has 0 saturated heterocycles. The zero-order valence-electron chi connectivity index (χ0n) is 7.20. The average molecular weight is 169 g/mol. The summed E-state index contributed by atoms with van der Waals surface area (Å²) in [4.78, 5) is 8.54. The zero-order valence-corrected chi connectivity index (χ0v) is 7.20. The monoisotopic (exact) mass is 169 g/mol. The van der Waals surface area contributed by atoms with Crippen LogP contribution in [0.4, 0.5) is 0 Å². The predicted octanol–water partition coefficient (Wildman–Crippen LogP) is 2.16. The summed E-state index contributed by atoms with van der Waals surface area (Å²) in [5.74, 6) is 0. The summed E-state index contributed by atoms with van der Waals surface area (Å²) in [6.45, 7) is 3.65. The molecule has 1 heterocycles. The highest BCUT2D eigenvalue weighted by atomic mass is 14.8. The summed E-state index contributed by atoms with van der Waals surface area (Å²) >= 11 is 0. The normalized spacial score (nSPS) is 10.2. The van der Waals surface area contributed by atoms with E-state index < -0.39 is 0 Å². The molecule has 0 N–H and O–H groups in total. The van der Waals surface area contributed by atoms with Gasteiger partial charge in [-0.25, -0.2) is 9.97 Å². The second-order valence-electron chi connectivity index (χ2n) is 2.76. The number of nitrogens with zero attached hydrogens (tertiary/aromatic N) is 2. The highest BCUT2D eigenvalue weighted by Gasteiger charge is 1.96. The van der Waals surface area contributed by atoms with E-state index in [1.54, 1.807) is 6.08 Å². The molecule has 2 rings (SSSR count). The van der Waals surface area contributed by atoms with E-state index in [0.717, 1.165) is 23.1 Å². The summed E-state index contributed by atoms with van der Waals surface area (Å²) in [6, 6.07) is 7.77. The number of hydrogen-bond donors (Lipinski definition) is 0. The van der Waals surface area contributed by atoms with Gasteiger partial charge in [-0.3, -0.25) is 0 Å². The maximum atomic E-state index is 4.38. The molecular formula is C11H9N2. The van der Waals surface area contributed by atoms with E-state index in [0.29, 0.717) is 0 Å². The van der Waals surface area contributed by atoms with Gasteiger partial charge in [-0.2, -0.15) is 0 Å². The Morgan fingerprint density at radius 2 is 2.08 bits per heavy atom. The molecule has 2 nitrogen and oxygen atoms in total. The van der Waals surface area contributed by atoms with E-state index in [-0.39, 0.29) is 0 Å². The van der Waals surface area contributed by atoms with E-state index in [1.807, 2.05) is 24.3 Å². The lowest BCUT2D eigenvalue weighted by molar-refractivity contribution is 1.10. The van der Waals surface area contributed by atoms with Gasteiger partial charge in [0.2, 0.25) is 0 Å². The lowest BCUT2D eigenvalue weighted by Gasteiger charge is -1.97. The lowest BCUT2D eigenvalue weighted by atomic mass is 10.2. The van der Waals surface area contributed by atoms with Crippen molar-refractivity contribution in [3.05, 3.63) is 48.8 Å². The molecule has 0 unspecified atom stereocenters. The third-order valence-corrected chi connectivity index (χ3v) is 1.78. The molecule has 2 heteroatoms. The van der Waals surface area contributed by atoms with E-state index in [4.69, 9.17) is 0 Å². The van der Waals surface area contributed by atoms with Crippen LogP contribution < -0.4 is 0 Å². The van der Waals surface area contributed by atoms with Crippen molar-refractivity contribution in [2.24, 2.45) is 0 Å². The van der Waals surface area contributed by atoms with Crippen molar-refractivity contribution in [1.82, 2.24) is 9.97 Å². The lowest BCUT2D eigenvalue weighted by Crippen LogP contribution is -1.91. The van der Waals surface area contributed by atoms with Crippen molar-refractivity contribution in [2.45, 2.75) is 6.42 Å². The molecule has 63 valence electrons. The van der Waals surface area contributed by atoms with Crippen LogP contribution in [-0.2, 0) is 6.42 Å². The minimum atomic E-state index is 0.720. The Hall–Kier alpha value is -1.70. The Balaban J connectivity index is 2.55. The third kappa shape index (κ3) is 1.56. The second-order valence-corrected chi connectivity index (χ2v) is 2.76. The molecule has 13 heavy (non-hydrogen) atoms. The Morgan fingerprint density at radius 3 is 2.85 bits per heavy atom. The summed E-state index contributed by atoms with van der Waals surface area (Å²) in [5, 5.41) is 0. The van der Waals surface area contributed by atoms with E-state index in [9.17, 15) is 0 Å². The Morgan fingerprint density at radius 1 is 1.31 bits per heavy atom. The SMILES string of the molecule is C=CCc1[c]nc2ccccc2n1. The number of para-hydroxylation sites is 2. The highest BCUT2D eigenvalue weighted by Crippen LogP contribution is 2.08. The number of fused-ring (bicyclic) bond motifs is 1. The van der Waals surface area contributed by atoms with Crippen molar-refractivity contribution >= 4 is 11.0 Å². The standard InChI is InChI=1S/C11H9N2/c1-2-5-9-8-12-10-6-3-4-7-11(10)13-9/h2-4,6-7H,1,5H2. The van der Waals surface area contributed by atoms with Crippen molar-refractivity contribution < 1.29 is 0 Å². The van der Waals surface area contributed by atoms with Crippen LogP contribution in [0, 0.1) is 6.20 Å². The molecular weight excluding hydrogens is 160 g/mol. The van der Waals surface area contributed by atoms with Crippen LogP contribution in [0.1, 0.15) is 5.69 Å². The predicted molar refractivity (Wildman–Crippen MR) is 52.3 cm³/mol. The van der Waals surface area contributed by atoms with E-state index >= 15 is 0 Å². The van der Waals surface area contributed by atoms with Crippen LogP contribution in [0.3, 0.4) is 0 Å². The summed E-state index contributed by atoms with van der Waals surface area (Å²) < 4.78 is 0. The van der Waals surface area contributed by atoms with Gasteiger partial charge in [0.1, 0.15) is 6.20 Å². The molecule has 0 aliphatic rings. The topological polar surface area (TPSA) is 25.8 Å². The van der Waals surface area contributed by atoms with Crippen molar-refractivity contribution in [2.75, 3.05) is 0 Å². The fraction of sp³-hybridized carbons (Fsp3) is 0.0909. The summed E-state index contributed by atoms with van der Waals surface area (Å²) in [7, 11) is 0. The van der Waals surface area contributed by atoms with Gasteiger partial charge in [0.25, 0.3) is 0 Å². The van der Waals surface area contributed by atoms with Crippen molar-refractivity contribution in [3.8, 4) is 0 Å². The van der Waals surface area contributed by atoms with Crippen LogP contribution in [0.2, 0.25) is 0 Å². The molecule has 0 bridgehead atoms. The molecule has 2 aromatic rings. The van der Waals surface area contributed by atoms with Gasteiger partial charge in [0.15, 0.2) is 0 Å². The third-order valence-electron chi connectivity index (χ3n) is 1.78. The van der Waals surface area contributed by atoms with Gasteiger partial charge in [0, 0.05) is 6.42 Å². The largest absolute Gasteiger partial charge is 0.249 e. The second kappa shape index (κ2) is 3.35. The number of allylic oxidation sites excluding steroid dienone is 1. The minimum absolute atomic E-state index is 0.720. The molecule has 1 aromatic carbocycles. The van der Waals surface area contributed by atoms with Crippen molar-refractivity contribution in [1.29, 1.82) is 0 Å². The van der Waals surface area contributed by atoms with Gasteiger partial charge in [-0.05, 0) is 12.1 Å². The first-order chi connectivity index (χ1) is 6.40. The van der Waals surface area contributed by atoms with Crippen LogP contribution in [0.15, 0.2) is 36.9 Å². The molecule has 0 aliphatic heterocycles. The highest BCUT2D eigenvalue weighted by molar-refractivity contribution is 5.73. The Labute approximate surface area is 77.0 Å². The molecule has 1 aromatic heterocycles. The molecule has 0 atom stereocenters. The summed E-state index contributed by atoms with van der Waals surface area (Å²) in [6.07, 6.45) is 5.40. The van der Waals surface area contributed by atoms with Crippen LogP contribution >= 0.6 is 0 Å². The van der Waals surface area contributed by atoms with Gasteiger partial charge < -0.3 is 0 Å². The maximum Gasteiger partial charge on any atom is 0.113 e. The Bertz CT molecular complexity index is 435. The first-order valence-corrected chi connectivity index (χ1v) is 4.14. The smallest absolute Gasteiger partial charge is 0.113 e. The molecule has 1 radical (unpaired) electrons. The van der Waals surface area contributed by atoms with Gasteiger partial charge in [-0.15, -0.1) is 6.58 Å². The minimum Gasteiger partial charge on any atom is -0.249 e. The zero-order chi connectivity index (χ0) is 9.10. The number of aromatic nitrogens is 2. The van der Waals surface area contributed by atoms with Crippen LogP contribution in [0.25, 0.3) is 11.0 Å². The quantitative estimate of drug-likeness (QED) is 0.644. The fourth-order valence-corrected chi connectivity index (χ4v) is 1.18. The van der Waals surface area contributed by atoms with E-state index in [1.165, 1.54) is 0 Å². The molecule has 0 amide bonds.